The Hall–Kier alpha value is -1.70. The lowest BCUT2D eigenvalue weighted by Gasteiger charge is -2.24. The molecule has 0 bridgehead atoms. The topological polar surface area (TPSA) is 63.7 Å². The largest absolute Gasteiger partial charge is 0.401 e. The molecule has 0 aromatic heterocycles. The van der Waals surface area contributed by atoms with Crippen LogP contribution in [0.15, 0.2) is 59.5 Å². The summed E-state index contributed by atoms with van der Waals surface area (Å²) in [4.78, 5) is 0.289. The maximum absolute atomic E-state index is 12.9. The van der Waals surface area contributed by atoms with Gasteiger partial charge in [-0.2, -0.15) is 4.31 Å². The van der Waals surface area contributed by atoms with Crippen molar-refractivity contribution >= 4 is 21.1 Å². The number of benzene rings is 2. The smallest absolute Gasteiger partial charge is 0.243 e. The fraction of sp³-hybridized carbons (Fsp3) is 0.333. The second-order valence-corrected chi connectivity index (χ2v) is 9.04. The highest BCUT2D eigenvalue weighted by Gasteiger charge is 2.25. The lowest BCUT2D eigenvalue weighted by Crippen LogP contribution is -2.33. The molecule has 1 unspecified atom stereocenters. The molecule has 0 aliphatic carbocycles. The minimum atomic E-state index is -3.57. The monoisotopic (exact) mass is 381 g/mol. The Bertz CT molecular complexity index is 803. The van der Waals surface area contributed by atoms with Gasteiger partial charge in [0, 0.05) is 19.3 Å². The molecular formula is C18H23NO4S2. The fourth-order valence-electron chi connectivity index (χ4n) is 2.39. The van der Waals surface area contributed by atoms with E-state index in [-0.39, 0.29) is 17.4 Å². The van der Waals surface area contributed by atoms with Crippen LogP contribution in [-0.2, 0) is 27.6 Å². The van der Waals surface area contributed by atoms with E-state index < -0.39 is 21.1 Å². The third-order valence-electron chi connectivity index (χ3n) is 3.45. The summed E-state index contributed by atoms with van der Waals surface area (Å²) in [6, 6.07) is 15.4. The lowest BCUT2D eigenvalue weighted by atomic mass is 10.2. The minimum absolute atomic E-state index is 0.198. The zero-order chi connectivity index (χ0) is 18.4. The van der Waals surface area contributed by atoms with Crippen LogP contribution in [0.2, 0.25) is 0 Å². The van der Waals surface area contributed by atoms with Crippen LogP contribution >= 0.6 is 0 Å². The Morgan fingerprint density at radius 2 is 1.64 bits per heavy atom. The Labute approximate surface area is 152 Å². The van der Waals surface area contributed by atoms with Crippen molar-refractivity contribution in [2.45, 2.75) is 25.3 Å². The molecule has 2 aromatic carbocycles. The van der Waals surface area contributed by atoms with Gasteiger partial charge in [-0.3, -0.25) is 0 Å². The quantitative estimate of drug-likeness (QED) is 0.704. The van der Waals surface area contributed by atoms with Crippen LogP contribution in [-0.4, -0.2) is 29.7 Å². The van der Waals surface area contributed by atoms with Gasteiger partial charge in [-0.1, -0.05) is 44.2 Å². The zero-order valence-electron chi connectivity index (χ0n) is 14.6. The second kappa shape index (κ2) is 8.60. The van der Waals surface area contributed by atoms with Crippen molar-refractivity contribution in [2.24, 2.45) is 5.92 Å². The number of hydrogen-bond donors (Lipinski definition) is 0. The highest BCUT2D eigenvalue weighted by molar-refractivity contribution is 7.89. The average Bonchev–Trinajstić information content (AvgIpc) is 2.56. The molecular weight excluding hydrogens is 358 g/mol. The van der Waals surface area contributed by atoms with Crippen LogP contribution in [0.1, 0.15) is 19.4 Å². The molecule has 0 radical (unpaired) electrons. The second-order valence-electron chi connectivity index (χ2n) is 6.13. The Morgan fingerprint density at radius 1 is 1.04 bits per heavy atom. The van der Waals surface area contributed by atoms with E-state index in [1.807, 2.05) is 13.8 Å². The maximum atomic E-state index is 12.9. The molecule has 0 aliphatic rings. The summed E-state index contributed by atoms with van der Waals surface area (Å²) >= 11 is -1.39. The molecule has 7 heteroatoms. The number of sulfonamides is 1. The standard InChI is InChI=1S/C18H23NO4S2/c1-15(2)13-19(25(21,22)18-7-5-4-6-8-18)14-16-9-11-17(12-10-16)23-24(3)20/h4-12,15H,13-14H2,1-3H3. The van der Waals surface area contributed by atoms with Crippen molar-refractivity contribution < 1.29 is 16.8 Å². The molecule has 136 valence electrons. The van der Waals surface area contributed by atoms with E-state index in [9.17, 15) is 12.6 Å². The van der Waals surface area contributed by atoms with Gasteiger partial charge in [0.1, 0.15) is 5.75 Å². The van der Waals surface area contributed by atoms with Crippen molar-refractivity contribution in [3.05, 3.63) is 60.2 Å². The highest BCUT2D eigenvalue weighted by atomic mass is 32.2. The van der Waals surface area contributed by atoms with Crippen LogP contribution in [0.4, 0.5) is 0 Å². The molecule has 25 heavy (non-hydrogen) atoms. The Kier molecular flexibility index (Phi) is 6.75. The van der Waals surface area contributed by atoms with E-state index >= 15 is 0 Å². The molecule has 1 atom stereocenters. The fourth-order valence-corrected chi connectivity index (χ4v) is 4.38. The van der Waals surface area contributed by atoms with E-state index in [0.717, 1.165) is 5.56 Å². The third-order valence-corrected chi connectivity index (χ3v) is 5.70. The molecule has 2 rings (SSSR count). The third kappa shape index (κ3) is 5.66. The maximum Gasteiger partial charge on any atom is 0.243 e. The van der Waals surface area contributed by atoms with E-state index in [4.69, 9.17) is 4.18 Å². The van der Waals surface area contributed by atoms with Crippen LogP contribution in [0.5, 0.6) is 5.75 Å². The SMILES string of the molecule is CC(C)CN(Cc1ccc(OS(C)=O)cc1)S(=O)(=O)c1ccccc1. The highest BCUT2D eigenvalue weighted by Crippen LogP contribution is 2.21. The van der Waals surface area contributed by atoms with Gasteiger partial charge in [0.2, 0.25) is 21.1 Å². The van der Waals surface area contributed by atoms with Gasteiger partial charge < -0.3 is 4.18 Å². The summed E-state index contributed by atoms with van der Waals surface area (Å²) in [6.07, 6.45) is 1.45. The number of nitrogens with zero attached hydrogens (tertiary/aromatic N) is 1. The van der Waals surface area contributed by atoms with E-state index in [1.54, 1.807) is 54.6 Å². The molecule has 2 aromatic rings. The molecule has 0 aliphatic heterocycles. The molecule has 0 fully saturated rings. The van der Waals surface area contributed by atoms with Gasteiger partial charge in [-0.05, 0) is 35.7 Å². The summed E-state index contributed by atoms with van der Waals surface area (Å²) in [5.74, 6) is 0.689. The molecule has 0 saturated heterocycles. The normalized spacial score (nSPS) is 13.2. The summed E-state index contributed by atoms with van der Waals surface area (Å²) in [5, 5.41) is 0. The predicted molar refractivity (Wildman–Crippen MR) is 100 cm³/mol. The van der Waals surface area contributed by atoms with Crippen molar-refractivity contribution in [1.82, 2.24) is 4.31 Å². The first-order valence-electron chi connectivity index (χ1n) is 7.95. The van der Waals surface area contributed by atoms with Gasteiger partial charge in [-0.25, -0.2) is 12.6 Å². The van der Waals surface area contributed by atoms with E-state index in [2.05, 4.69) is 0 Å². The molecule has 5 nitrogen and oxygen atoms in total. The molecule has 0 saturated carbocycles. The van der Waals surface area contributed by atoms with E-state index in [0.29, 0.717) is 12.3 Å². The van der Waals surface area contributed by atoms with Crippen LogP contribution in [0.3, 0.4) is 0 Å². The summed E-state index contributed by atoms with van der Waals surface area (Å²) in [7, 11) is -3.57. The number of hydrogen-bond acceptors (Lipinski definition) is 4. The Balaban J connectivity index is 2.25. The molecule has 0 N–H and O–H groups in total. The summed E-state index contributed by atoms with van der Waals surface area (Å²) in [5.41, 5.74) is 0.842. The first-order valence-corrected chi connectivity index (χ1v) is 10.9. The number of rotatable bonds is 8. The minimum Gasteiger partial charge on any atom is -0.401 e. The first-order chi connectivity index (χ1) is 11.8. The van der Waals surface area contributed by atoms with Crippen molar-refractivity contribution in [1.29, 1.82) is 0 Å². The van der Waals surface area contributed by atoms with Gasteiger partial charge in [0.25, 0.3) is 0 Å². The average molecular weight is 382 g/mol. The summed E-state index contributed by atoms with van der Waals surface area (Å²) in [6.45, 7) is 4.67. The molecule has 0 spiro atoms. The van der Waals surface area contributed by atoms with Crippen LogP contribution in [0, 0.1) is 5.92 Å². The van der Waals surface area contributed by atoms with Gasteiger partial charge in [0.05, 0.1) is 4.90 Å². The van der Waals surface area contributed by atoms with Crippen molar-refractivity contribution in [2.75, 3.05) is 12.8 Å². The van der Waals surface area contributed by atoms with Gasteiger partial charge >= 0.3 is 0 Å². The van der Waals surface area contributed by atoms with E-state index in [1.165, 1.54) is 10.6 Å². The predicted octanol–water partition coefficient (Wildman–Crippen LogP) is 3.21. The van der Waals surface area contributed by atoms with Crippen LogP contribution in [0.25, 0.3) is 0 Å². The molecule has 0 amide bonds. The first kappa shape index (κ1) is 19.6. The van der Waals surface area contributed by atoms with Crippen molar-refractivity contribution in [3.63, 3.8) is 0 Å². The Morgan fingerprint density at radius 3 is 2.16 bits per heavy atom. The molecule has 0 heterocycles. The summed E-state index contributed by atoms with van der Waals surface area (Å²) < 4.78 is 43.6. The van der Waals surface area contributed by atoms with Crippen molar-refractivity contribution in [3.8, 4) is 5.75 Å². The lowest BCUT2D eigenvalue weighted by molar-refractivity contribution is 0.362. The van der Waals surface area contributed by atoms with Crippen LogP contribution < -0.4 is 4.18 Å². The zero-order valence-corrected chi connectivity index (χ0v) is 16.2. The van der Waals surface area contributed by atoms with Gasteiger partial charge in [0.15, 0.2) is 0 Å². The van der Waals surface area contributed by atoms with Gasteiger partial charge in [-0.15, -0.1) is 0 Å².